The highest BCUT2D eigenvalue weighted by atomic mass is 32.1. The molecule has 0 atom stereocenters. The second kappa shape index (κ2) is 9.68. The first-order valence-corrected chi connectivity index (χ1v) is 10.1. The molecule has 1 heterocycles. The van der Waals surface area contributed by atoms with Crippen molar-refractivity contribution in [2.75, 3.05) is 32.1 Å². The normalized spacial score (nSPS) is 13.0. The molecule has 1 aliphatic rings. The third kappa shape index (κ3) is 5.79. The molecule has 0 aliphatic heterocycles. The molecule has 9 heteroatoms. The number of amides is 3. The van der Waals surface area contributed by atoms with Crippen molar-refractivity contribution < 1.29 is 23.9 Å². The minimum absolute atomic E-state index is 0.0145. The number of hydrogen-bond acceptors (Lipinski definition) is 6. The van der Waals surface area contributed by atoms with Crippen LogP contribution in [0.2, 0.25) is 0 Å². The van der Waals surface area contributed by atoms with Crippen molar-refractivity contribution in [1.82, 2.24) is 10.2 Å². The fourth-order valence-corrected chi connectivity index (χ4v) is 3.51. The van der Waals surface area contributed by atoms with Gasteiger partial charge >= 0.3 is 5.97 Å². The highest BCUT2D eigenvalue weighted by Gasteiger charge is 2.32. The highest BCUT2D eigenvalue weighted by Crippen LogP contribution is 2.36. The van der Waals surface area contributed by atoms with Crippen LogP contribution in [0.5, 0.6) is 0 Å². The van der Waals surface area contributed by atoms with Gasteiger partial charge in [-0.15, -0.1) is 11.3 Å². The maximum absolute atomic E-state index is 12.5. The molecule has 1 aromatic heterocycles. The first-order valence-electron chi connectivity index (χ1n) is 9.33. The van der Waals surface area contributed by atoms with Gasteiger partial charge in [0.1, 0.15) is 5.00 Å². The number of nitrogens with one attached hydrogen (secondary N) is 2. The van der Waals surface area contributed by atoms with Gasteiger partial charge in [-0.3, -0.25) is 14.4 Å². The summed E-state index contributed by atoms with van der Waals surface area (Å²) in [7, 11) is 1.48. The van der Waals surface area contributed by atoms with Crippen LogP contribution in [0.1, 0.15) is 47.0 Å². The Labute approximate surface area is 168 Å². The van der Waals surface area contributed by atoms with Crippen molar-refractivity contribution in [3.63, 3.8) is 0 Å². The van der Waals surface area contributed by atoms with Crippen molar-refractivity contribution in [3.05, 3.63) is 16.0 Å². The SMILES string of the molecule is CCCNC(=O)CN(C)C(=O)COC(=O)c1c(NC(=O)C2CC2)sc(C)c1C. The fourth-order valence-electron chi connectivity index (χ4n) is 2.45. The lowest BCUT2D eigenvalue weighted by atomic mass is 10.1. The van der Waals surface area contributed by atoms with E-state index in [0.29, 0.717) is 11.5 Å². The monoisotopic (exact) mass is 409 g/mol. The zero-order valence-electron chi connectivity index (χ0n) is 16.7. The van der Waals surface area contributed by atoms with Crippen LogP contribution in [0.15, 0.2) is 0 Å². The van der Waals surface area contributed by atoms with Crippen LogP contribution in [0.25, 0.3) is 0 Å². The van der Waals surface area contributed by atoms with E-state index in [2.05, 4.69) is 10.6 Å². The Balaban J connectivity index is 1.94. The third-order valence-electron chi connectivity index (χ3n) is 4.48. The zero-order chi connectivity index (χ0) is 20.8. The topological polar surface area (TPSA) is 105 Å². The van der Waals surface area contributed by atoms with Crippen molar-refractivity contribution in [3.8, 4) is 0 Å². The number of rotatable bonds is 9. The van der Waals surface area contributed by atoms with Crippen molar-refractivity contribution in [2.45, 2.75) is 40.0 Å². The molecule has 1 fully saturated rings. The van der Waals surface area contributed by atoms with E-state index in [0.717, 1.165) is 29.7 Å². The lowest BCUT2D eigenvalue weighted by Gasteiger charge is -2.16. The molecule has 0 unspecified atom stereocenters. The molecule has 28 heavy (non-hydrogen) atoms. The van der Waals surface area contributed by atoms with E-state index in [1.165, 1.54) is 23.3 Å². The minimum Gasteiger partial charge on any atom is -0.452 e. The zero-order valence-corrected chi connectivity index (χ0v) is 17.5. The molecular formula is C19H27N3O5S. The van der Waals surface area contributed by atoms with E-state index in [1.807, 2.05) is 13.8 Å². The molecule has 0 radical (unpaired) electrons. The average molecular weight is 410 g/mol. The number of aryl methyl sites for hydroxylation is 1. The quantitative estimate of drug-likeness (QED) is 0.606. The van der Waals surface area contributed by atoms with Crippen LogP contribution in [0.4, 0.5) is 5.00 Å². The summed E-state index contributed by atoms with van der Waals surface area (Å²) in [5.74, 6) is -1.48. The average Bonchev–Trinajstić information content (AvgIpc) is 3.45. The summed E-state index contributed by atoms with van der Waals surface area (Å²) in [5.41, 5.74) is 1.01. The van der Waals surface area contributed by atoms with Gasteiger partial charge in [0, 0.05) is 24.4 Å². The molecule has 8 nitrogen and oxygen atoms in total. The predicted octanol–water partition coefficient (Wildman–Crippen LogP) is 1.85. The molecule has 0 saturated heterocycles. The van der Waals surface area contributed by atoms with Gasteiger partial charge in [0.05, 0.1) is 12.1 Å². The molecular weight excluding hydrogens is 382 g/mol. The number of likely N-dealkylation sites (N-methyl/N-ethyl adjacent to an activating group) is 1. The van der Waals surface area contributed by atoms with Gasteiger partial charge in [0.15, 0.2) is 6.61 Å². The van der Waals surface area contributed by atoms with E-state index in [9.17, 15) is 19.2 Å². The van der Waals surface area contributed by atoms with Gasteiger partial charge < -0.3 is 20.3 Å². The van der Waals surface area contributed by atoms with Crippen molar-refractivity contribution >= 4 is 40.0 Å². The second-order valence-corrected chi connectivity index (χ2v) is 8.15. The van der Waals surface area contributed by atoms with Crippen molar-refractivity contribution in [2.24, 2.45) is 5.92 Å². The van der Waals surface area contributed by atoms with Crippen LogP contribution in [-0.4, -0.2) is 55.3 Å². The molecule has 3 amide bonds. The minimum atomic E-state index is -0.662. The molecule has 1 aromatic rings. The van der Waals surface area contributed by atoms with Crippen LogP contribution in [-0.2, 0) is 19.1 Å². The van der Waals surface area contributed by atoms with Crippen molar-refractivity contribution in [1.29, 1.82) is 0 Å². The van der Waals surface area contributed by atoms with E-state index in [-0.39, 0.29) is 29.8 Å². The number of hydrogen-bond donors (Lipinski definition) is 2. The Bertz CT molecular complexity index is 770. The predicted molar refractivity (Wildman–Crippen MR) is 106 cm³/mol. The standard InChI is InChI=1S/C19H27N3O5S/c1-5-8-20-14(23)9-22(4)15(24)10-27-19(26)16-11(2)12(3)28-18(16)21-17(25)13-6-7-13/h13H,5-10H2,1-4H3,(H,20,23)(H,21,25). The molecule has 0 aromatic carbocycles. The summed E-state index contributed by atoms with van der Waals surface area (Å²) >= 11 is 1.32. The van der Waals surface area contributed by atoms with Gasteiger partial charge in [-0.25, -0.2) is 4.79 Å². The Morgan fingerprint density at radius 1 is 1.21 bits per heavy atom. The maximum atomic E-state index is 12.5. The number of carbonyl (C=O) groups excluding carboxylic acids is 4. The van der Waals surface area contributed by atoms with Gasteiger partial charge in [-0.1, -0.05) is 6.92 Å². The van der Waals surface area contributed by atoms with Crippen LogP contribution < -0.4 is 10.6 Å². The molecule has 2 rings (SSSR count). The largest absolute Gasteiger partial charge is 0.452 e. The molecule has 1 aliphatic carbocycles. The van der Waals surface area contributed by atoms with Gasteiger partial charge in [-0.05, 0) is 38.7 Å². The van der Waals surface area contributed by atoms with E-state index in [4.69, 9.17) is 4.74 Å². The van der Waals surface area contributed by atoms with E-state index >= 15 is 0 Å². The number of anilines is 1. The first kappa shape index (κ1) is 21.9. The Kier molecular flexibility index (Phi) is 7.56. The Hall–Kier alpha value is -2.42. The number of carbonyl (C=O) groups is 4. The fraction of sp³-hybridized carbons (Fsp3) is 0.579. The van der Waals surface area contributed by atoms with Crippen LogP contribution in [0, 0.1) is 19.8 Å². The Morgan fingerprint density at radius 2 is 1.89 bits per heavy atom. The van der Waals surface area contributed by atoms with Gasteiger partial charge in [0.2, 0.25) is 11.8 Å². The summed E-state index contributed by atoms with van der Waals surface area (Å²) in [4.78, 5) is 50.5. The Morgan fingerprint density at radius 3 is 2.50 bits per heavy atom. The molecule has 1 saturated carbocycles. The number of ether oxygens (including phenoxy) is 1. The van der Waals surface area contributed by atoms with Gasteiger partial charge in [-0.2, -0.15) is 0 Å². The molecule has 0 bridgehead atoms. The summed E-state index contributed by atoms with van der Waals surface area (Å²) in [5, 5.41) is 5.94. The number of thiophene rings is 1. The third-order valence-corrected chi connectivity index (χ3v) is 5.60. The molecule has 0 spiro atoms. The van der Waals surface area contributed by atoms with E-state index < -0.39 is 18.5 Å². The number of nitrogens with zero attached hydrogens (tertiary/aromatic N) is 1. The highest BCUT2D eigenvalue weighted by molar-refractivity contribution is 7.16. The van der Waals surface area contributed by atoms with Gasteiger partial charge in [0.25, 0.3) is 5.91 Å². The van der Waals surface area contributed by atoms with Crippen LogP contribution >= 0.6 is 11.3 Å². The van der Waals surface area contributed by atoms with E-state index in [1.54, 1.807) is 6.92 Å². The summed E-state index contributed by atoms with van der Waals surface area (Å²) in [6.45, 7) is 5.54. The smallest absolute Gasteiger partial charge is 0.341 e. The molecule has 2 N–H and O–H groups in total. The van der Waals surface area contributed by atoms with Crippen LogP contribution in [0.3, 0.4) is 0 Å². The number of esters is 1. The maximum Gasteiger partial charge on any atom is 0.341 e. The lowest BCUT2D eigenvalue weighted by Crippen LogP contribution is -2.40. The summed E-state index contributed by atoms with van der Waals surface area (Å²) < 4.78 is 5.16. The summed E-state index contributed by atoms with van der Waals surface area (Å²) in [6, 6.07) is 0. The molecule has 154 valence electrons. The second-order valence-electron chi connectivity index (χ2n) is 6.93. The summed E-state index contributed by atoms with van der Waals surface area (Å²) in [6.07, 6.45) is 2.53. The lowest BCUT2D eigenvalue weighted by molar-refractivity contribution is -0.137. The first-order chi connectivity index (χ1) is 13.2.